The molecule has 3 rings (SSSR count). The molecule has 1 aromatic heterocycles. The van der Waals surface area contributed by atoms with Crippen LogP contribution in [0.4, 0.5) is 5.69 Å². The summed E-state index contributed by atoms with van der Waals surface area (Å²) in [6.45, 7) is 0.286. The standard InChI is InChI=1S/C17H15ClN4O2S/c18-12-6-8-13(9-7-12)19-16(23)11-25-17-20-15(21-22-17)10-24-14-4-2-1-3-5-14/h1-9H,10-11H2,(H,19,23)(H,20,21,22). The van der Waals surface area contributed by atoms with Crippen molar-refractivity contribution < 1.29 is 9.53 Å². The van der Waals surface area contributed by atoms with E-state index in [1.165, 1.54) is 11.8 Å². The quantitative estimate of drug-likeness (QED) is 0.615. The van der Waals surface area contributed by atoms with Gasteiger partial charge in [-0.25, -0.2) is 4.98 Å². The van der Waals surface area contributed by atoms with Crippen molar-refractivity contribution in [1.29, 1.82) is 0 Å². The number of aromatic nitrogens is 3. The van der Waals surface area contributed by atoms with Crippen molar-refractivity contribution in [3.8, 4) is 5.75 Å². The first kappa shape index (κ1) is 17.3. The number of nitrogens with one attached hydrogen (secondary N) is 2. The highest BCUT2D eigenvalue weighted by Gasteiger charge is 2.08. The van der Waals surface area contributed by atoms with E-state index in [1.54, 1.807) is 24.3 Å². The number of halogens is 1. The second kappa shape index (κ2) is 8.55. The van der Waals surface area contributed by atoms with Crippen molar-refractivity contribution in [3.63, 3.8) is 0 Å². The molecule has 25 heavy (non-hydrogen) atoms. The molecule has 0 atom stereocenters. The van der Waals surface area contributed by atoms with Gasteiger partial charge in [0.05, 0.1) is 5.75 Å². The maximum Gasteiger partial charge on any atom is 0.234 e. The van der Waals surface area contributed by atoms with Crippen molar-refractivity contribution in [2.45, 2.75) is 11.8 Å². The molecule has 2 N–H and O–H groups in total. The van der Waals surface area contributed by atoms with Crippen LogP contribution in [0.15, 0.2) is 59.8 Å². The summed E-state index contributed by atoms with van der Waals surface area (Å²) in [6, 6.07) is 16.4. The fourth-order valence-electron chi connectivity index (χ4n) is 1.94. The topological polar surface area (TPSA) is 79.9 Å². The van der Waals surface area contributed by atoms with E-state index in [9.17, 15) is 4.79 Å². The molecule has 6 nitrogen and oxygen atoms in total. The molecular weight excluding hydrogens is 360 g/mol. The second-order valence-corrected chi connectivity index (χ2v) is 6.39. The summed E-state index contributed by atoms with van der Waals surface area (Å²) >= 11 is 7.06. The molecule has 0 aliphatic rings. The summed E-state index contributed by atoms with van der Waals surface area (Å²) in [4.78, 5) is 16.2. The van der Waals surface area contributed by atoms with Crippen LogP contribution in [0.3, 0.4) is 0 Å². The highest BCUT2D eigenvalue weighted by molar-refractivity contribution is 7.99. The van der Waals surface area contributed by atoms with Gasteiger partial charge in [0.25, 0.3) is 0 Å². The number of anilines is 1. The normalized spacial score (nSPS) is 10.4. The second-order valence-electron chi connectivity index (χ2n) is 5.01. The number of amides is 1. The smallest absolute Gasteiger partial charge is 0.234 e. The number of carbonyl (C=O) groups is 1. The van der Waals surface area contributed by atoms with Crippen LogP contribution in [0.2, 0.25) is 5.02 Å². The Kier molecular flexibility index (Phi) is 5.92. The Morgan fingerprint density at radius 2 is 1.92 bits per heavy atom. The number of hydrogen-bond donors (Lipinski definition) is 2. The van der Waals surface area contributed by atoms with E-state index in [4.69, 9.17) is 16.3 Å². The molecule has 0 aliphatic carbocycles. The van der Waals surface area contributed by atoms with Gasteiger partial charge in [-0.3, -0.25) is 9.89 Å². The lowest BCUT2D eigenvalue weighted by molar-refractivity contribution is -0.113. The van der Waals surface area contributed by atoms with Crippen molar-refractivity contribution in [1.82, 2.24) is 15.2 Å². The van der Waals surface area contributed by atoms with Crippen LogP contribution in [-0.2, 0) is 11.4 Å². The fraction of sp³-hybridized carbons (Fsp3) is 0.118. The number of para-hydroxylation sites is 1. The van der Waals surface area contributed by atoms with Gasteiger partial charge in [-0.1, -0.05) is 41.6 Å². The lowest BCUT2D eigenvalue weighted by Crippen LogP contribution is -2.13. The lowest BCUT2D eigenvalue weighted by Gasteiger charge is -2.03. The molecule has 0 radical (unpaired) electrons. The third kappa shape index (κ3) is 5.51. The lowest BCUT2D eigenvalue weighted by atomic mass is 10.3. The molecule has 128 valence electrons. The molecule has 8 heteroatoms. The minimum Gasteiger partial charge on any atom is -0.486 e. The summed E-state index contributed by atoms with van der Waals surface area (Å²) in [7, 11) is 0. The average molecular weight is 375 g/mol. The third-order valence-electron chi connectivity index (χ3n) is 3.09. The van der Waals surface area contributed by atoms with Crippen LogP contribution < -0.4 is 10.1 Å². The van der Waals surface area contributed by atoms with Gasteiger partial charge in [0.1, 0.15) is 12.4 Å². The number of carbonyl (C=O) groups excluding carboxylic acids is 1. The molecule has 0 bridgehead atoms. The van der Waals surface area contributed by atoms with Crippen molar-refractivity contribution in [2.75, 3.05) is 11.1 Å². The molecule has 3 aromatic rings. The number of rotatable bonds is 7. The number of aromatic amines is 1. The van der Waals surface area contributed by atoms with Crippen LogP contribution >= 0.6 is 23.4 Å². The van der Waals surface area contributed by atoms with Gasteiger partial charge < -0.3 is 10.1 Å². The number of benzene rings is 2. The summed E-state index contributed by atoms with van der Waals surface area (Å²) in [5.41, 5.74) is 0.696. The maximum atomic E-state index is 11.9. The zero-order chi connectivity index (χ0) is 17.5. The minimum atomic E-state index is -0.140. The molecular formula is C17H15ClN4O2S. The molecule has 0 saturated carbocycles. The molecule has 1 heterocycles. The molecule has 0 unspecified atom stereocenters. The molecule has 1 amide bonds. The van der Waals surface area contributed by atoms with Crippen LogP contribution in [0.25, 0.3) is 0 Å². The summed E-state index contributed by atoms with van der Waals surface area (Å²) in [5.74, 6) is 1.43. The number of hydrogen-bond acceptors (Lipinski definition) is 5. The summed E-state index contributed by atoms with van der Waals surface area (Å²) in [6.07, 6.45) is 0. The van der Waals surface area contributed by atoms with Crippen molar-refractivity contribution in [2.24, 2.45) is 0 Å². The van der Waals surface area contributed by atoms with Gasteiger partial charge >= 0.3 is 0 Å². The molecule has 0 aliphatic heterocycles. The fourth-order valence-corrected chi connectivity index (χ4v) is 2.68. The number of H-pyrrole nitrogens is 1. The van der Waals surface area contributed by atoms with Gasteiger partial charge in [0, 0.05) is 10.7 Å². The largest absolute Gasteiger partial charge is 0.486 e. The predicted octanol–water partition coefficient (Wildman–Crippen LogP) is 3.77. The van der Waals surface area contributed by atoms with Gasteiger partial charge in [0.15, 0.2) is 5.82 Å². The SMILES string of the molecule is O=C(CSc1n[nH]c(COc2ccccc2)n1)Nc1ccc(Cl)cc1. The first-order valence-electron chi connectivity index (χ1n) is 7.46. The van der Waals surface area contributed by atoms with Gasteiger partial charge in [-0.05, 0) is 36.4 Å². The Labute approximate surface area is 154 Å². The highest BCUT2D eigenvalue weighted by atomic mass is 35.5. The van der Waals surface area contributed by atoms with E-state index in [0.717, 1.165) is 5.75 Å². The predicted molar refractivity (Wildman–Crippen MR) is 98.0 cm³/mol. The zero-order valence-electron chi connectivity index (χ0n) is 13.1. The number of ether oxygens (including phenoxy) is 1. The molecule has 0 spiro atoms. The van der Waals surface area contributed by atoms with E-state index in [2.05, 4.69) is 20.5 Å². The van der Waals surface area contributed by atoms with Crippen LogP contribution in [0.5, 0.6) is 5.75 Å². The molecule has 0 fully saturated rings. The van der Waals surface area contributed by atoms with Crippen molar-refractivity contribution >= 4 is 35.0 Å². The van der Waals surface area contributed by atoms with E-state index in [1.807, 2.05) is 30.3 Å². The van der Waals surface area contributed by atoms with Gasteiger partial charge in [-0.2, -0.15) is 0 Å². The van der Waals surface area contributed by atoms with Crippen LogP contribution in [0, 0.1) is 0 Å². The summed E-state index contributed by atoms with van der Waals surface area (Å²) < 4.78 is 5.59. The van der Waals surface area contributed by atoms with E-state index in [0.29, 0.717) is 21.7 Å². The third-order valence-corrected chi connectivity index (χ3v) is 4.19. The van der Waals surface area contributed by atoms with Gasteiger partial charge in [0.2, 0.25) is 11.1 Å². The monoisotopic (exact) mass is 374 g/mol. The number of thioether (sulfide) groups is 1. The maximum absolute atomic E-state index is 11.9. The van der Waals surface area contributed by atoms with E-state index < -0.39 is 0 Å². The highest BCUT2D eigenvalue weighted by Crippen LogP contribution is 2.16. The first-order chi connectivity index (χ1) is 12.2. The molecule has 0 saturated heterocycles. The van der Waals surface area contributed by atoms with E-state index in [-0.39, 0.29) is 18.3 Å². The Balaban J connectivity index is 1.45. The van der Waals surface area contributed by atoms with Crippen LogP contribution in [-0.4, -0.2) is 26.8 Å². The minimum absolute atomic E-state index is 0.140. The summed E-state index contributed by atoms with van der Waals surface area (Å²) in [5, 5.41) is 10.8. The Morgan fingerprint density at radius 3 is 2.68 bits per heavy atom. The average Bonchev–Trinajstić information content (AvgIpc) is 3.09. The van der Waals surface area contributed by atoms with Crippen molar-refractivity contribution in [3.05, 3.63) is 65.4 Å². The first-order valence-corrected chi connectivity index (χ1v) is 8.83. The Morgan fingerprint density at radius 1 is 1.16 bits per heavy atom. The zero-order valence-corrected chi connectivity index (χ0v) is 14.7. The van der Waals surface area contributed by atoms with E-state index >= 15 is 0 Å². The number of nitrogens with zero attached hydrogens (tertiary/aromatic N) is 2. The Bertz CT molecular complexity index is 824. The Hall–Kier alpha value is -2.51. The molecule has 2 aromatic carbocycles. The van der Waals surface area contributed by atoms with Crippen LogP contribution in [0.1, 0.15) is 5.82 Å². The van der Waals surface area contributed by atoms with Gasteiger partial charge in [-0.15, -0.1) is 5.10 Å².